The molecular formula is C12H15NO. The molecule has 0 fully saturated rings. The van der Waals surface area contributed by atoms with Crippen LogP contribution in [0.3, 0.4) is 0 Å². The minimum absolute atomic E-state index is 0.00574. The van der Waals surface area contributed by atoms with Crippen molar-refractivity contribution in [2.45, 2.75) is 26.3 Å². The SMILES string of the molecule is CC1(C)C=[N+]([O-])C(c2ccccc2)C1. The number of rotatable bonds is 1. The van der Waals surface area contributed by atoms with Gasteiger partial charge in [-0.3, -0.25) is 0 Å². The van der Waals surface area contributed by atoms with E-state index in [1.807, 2.05) is 30.3 Å². The normalized spacial score (nSPS) is 24.7. The second-order valence-corrected chi connectivity index (χ2v) is 4.61. The van der Waals surface area contributed by atoms with E-state index in [1.54, 1.807) is 6.21 Å². The summed E-state index contributed by atoms with van der Waals surface area (Å²) < 4.78 is 1.09. The monoisotopic (exact) mass is 189 g/mol. The van der Waals surface area contributed by atoms with Crippen LogP contribution in [0.5, 0.6) is 0 Å². The Kier molecular flexibility index (Phi) is 2.06. The largest absolute Gasteiger partial charge is 0.624 e. The van der Waals surface area contributed by atoms with Gasteiger partial charge in [0.15, 0.2) is 12.3 Å². The Bertz CT molecular complexity index is 354. The molecule has 0 radical (unpaired) electrons. The van der Waals surface area contributed by atoms with Crippen LogP contribution in [0.2, 0.25) is 0 Å². The van der Waals surface area contributed by atoms with Gasteiger partial charge in [0.25, 0.3) is 0 Å². The van der Waals surface area contributed by atoms with Crippen LogP contribution < -0.4 is 0 Å². The average molecular weight is 189 g/mol. The summed E-state index contributed by atoms with van der Waals surface area (Å²) in [6, 6.07) is 9.98. The van der Waals surface area contributed by atoms with E-state index in [0.29, 0.717) is 0 Å². The van der Waals surface area contributed by atoms with E-state index in [9.17, 15) is 5.21 Å². The van der Waals surface area contributed by atoms with Gasteiger partial charge in [-0.15, -0.1) is 0 Å². The topological polar surface area (TPSA) is 26.1 Å². The maximum atomic E-state index is 11.7. The maximum absolute atomic E-state index is 11.7. The summed E-state index contributed by atoms with van der Waals surface area (Å²) in [6.07, 6.45) is 2.69. The van der Waals surface area contributed by atoms with Gasteiger partial charge in [-0.25, -0.2) is 4.74 Å². The molecule has 2 rings (SSSR count). The molecule has 14 heavy (non-hydrogen) atoms. The Balaban J connectivity index is 2.28. The van der Waals surface area contributed by atoms with E-state index in [4.69, 9.17) is 0 Å². The highest BCUT2D eigenvalue weighted by molar-refractivity contribution is 5.61. The Labute approximate surface area is 84.5 Å². The molecular weight excluding hydrogens is 174 g/mol. The average Bonchev–Trinajstić information content (AvgIpc) is 2.41. The van der Waals surface area contributed by atoms with E-state index in [-0.39, 0.29) is 11.5 Å². The first-order valence-electron chi connectivity index (χ1n) is 4.95. The maximum Gasteiger partial charge on any atom is 0.189 e. The molecule has 2 nitrogen and oxygen atoms in total. The van der Waals surface area contributed by atoms with Crippen LogP contribution in [-0.4, -0.2) is 11.0 Å². The number of hydrogen-bond donors (Lipinski definition) is 0. The standard InChI is InChI=1S/C12H15NO/c1-12(2)8-11(13(14)9-12)10-6-4-3-5-7-10/h3-7,9,11H,8H2,1-2H3. The molecule has 74 valence electrons. The van der Waals surface area contributed by atoms with E-state index in [1.165, 1.54) is 0 Å². The lowest BCUT2D eigenvalue weighted by molar-refractivity contribution is -0.494. The molecule has 2 heteroatoms. The predicted molar refractivity (Wildman–Crippen MR) is 57.3 cm³/mol. The van der Waals surface area contributed by atoms with E-state index < -0.39 is 0 Å². The lowest BCUT2D eigenvalue weighted by Crippen LogP contribution is -2.09. The van der Waals surface area contributed by atoms with Crippen molar-refractivity contribution in [2.75, 3.05) is 0 Å². The van der Waals surface area contributed by atoms with Gasteiger partial charge in [0, 0.05) is 17.4 Å². The first kappa shape index (κ1) is 9.25. The van der Waals surface area contributed by atoms with Crippen LogP contribution in [-0.2, 0) is 0 Å². The summed E-state index contributed by atoms with van der Waals surface area (Å²) >= 11 is 0. The minimum Gasteiger partial charge on any atom is -0.624 e. The van der Waals surface area contributed by atoms with Gasteiger partial charge in [0.05, 0.1) is 0 Å². The van der Waals surface area contributed by atoms with Crippen molar-refractivity contribution < 1.29 is 4.74 Å². The van der Waals surface area contributed by atoms with Crippen LogP contribution >= 0.6 is 0 Å². The molecule has 0 bridgehead atoms. The van der Waals surface area contributed by atoms with Crippen molar-refractivity contribution in [2.24, 2.45) is 5.41 Å². The highest BCUT2D eigenvalue weighted by atomic mass is 16.5. The molecule has 0 amide bonds. The van der Waals surface area contributed by atoms with Crippen LogP contribution in [0.1, 0.15) is 31.9 Å². The molecule has 1 atom stereocenters. The van der Waals surface area contributed by atoms with Crippen LogP contribution in [0.4, 0.5) is 0 Å². The third kappa shape index (κ3) is 1.65. The van der Waals surface area contributed by atoms with Crippen LogP contribution in [0.15, 0.2) is 30.3 Å². The second-order valence-electron chi connectivity index (χ2n) is 4.61. The van der Waals surface area contributed by atoms with Crippen LogP contribution in [0.25, 0.3) is 0 Å². The molecule has 1 aliphatic rings. The van der Waals surface area contributed by atoms with Gasteiger partial charge in [-0.2, -0.15) is 0 Å². The Morgan fingerprint density at radius 2 is 1.93 bits per heavy atom. The van der Waals surface area contributed by atoms with Gasteiger partial charge in [-0.05, 0) is 0 Å². The number of benzene rings is 1. The summed E-state index contributed by atoms with van der Waals surface area (Å²) in [5.41, 5.74) is 1.15. The number of hydroxylamine groups is 1. The summed E-state index contributed by atoms with van der Waals surface area (Å²) in [7, 11) is 0. The van der Waals surface area contributed by atoms with Crippen molar-refractivity contribution in [3.63, 3.8) is 0 Å². The molecule has 1 aromatic rings. The highest BCUT2D eigenvalue weighted by Crippen LogP contribution is 2.35. The number of nitrogens with zero attached hydrogens (tertiary/aromatic N) is 1. The fourth-order valence-electron chi connectivity index (χ4n) is 2.02. The van der Waals surface area contributed by atoms with Crippen molar-refractivity contribution >= 4 is 6.21 Å². The van der Waals surface area contributed by atoms with Gasteiger partial charge in [0.2, 0.25) is 0 Å². The third-order valence-corrected chi connectivity index (χ3v) is 2.69. The first-order chi connectivity index (χ1) is 6.58. The molecule has 1 unspecified atom stereocenters. The van der Waals surface area contributed by atoms with E-state index in [0.717, 1.165) is 16.7 Å². The smallest absolute Gasteiger partial charge is 0.189 e. The van der Waals surface area contributed by atoms with Gasteiger partial charge < -0.3 is 5.21 Å². The zero-order valence-corrected chi connectivity index (χ0v) is 8.60. The molecule has 0 aliphatic carbocycles. The number of hydrogen-bond acceptors (Lipinski definition) is 1. The fraction of sp³-hybridized carbons (Fsp3) is 0.417. The highest BCUT2D eigenvalue weighted by Gasteiger charge is 2.36. The molecule has 0 saturated heterocycles. The molecule has 0 saturated carbocycles. The Morgan fingerprint density at radius 3 is 2.43 bits per heavy atom. The summed E-state index contributed by atoms with van der Waals surface area (Å²) in [6.45, 7) is 4.20. The Morgan fingerprint density at radius 1 is 1.29 bits per heavy atom. The molecule has 1 aromatic carbocycles. The van der Waals surface area contributed by atoms with Gasteiger partial charge in [0.1, 0.15) is 0 Å². The van der Waals surface area contributed by atoms with Gasteiger partial charge >= 0.3 is 0 Å². The molecule has 1 heterocycles. The quantitative estimate of drug-likeness (QED) is 0.492. The minimum atomic E-state index is 0.00574. The zero-order valence-electron chi connectivity index (χ0n) is 8.60. The zero-order chi connectivity index (χ0) is 10.2. The van der Waals surface area contributed by atoms with E-state index >= 15 is 0 Å². The fourth-order valence-corrected chi connectivity index (χ4v) is 2.02. The van der Waals surface area contributed by atoms with Crippen LogP contribution in [0, 0.1) is 10.6 Å². The van der Waals surface area contributed by atoms with Gasteiger partial charge in [-0.1, -0.05) is 44.2 Å². The molecule has 1 aliphatic heterocycles. The summed E-state index contributed by atoms with van der Waals surface area (Å²) in [4.78, 5) is 0. The second kappa shape index (κ2) is 3.12. The molecule has 0 spiro atoms. The summed E-state index contributed by atoms with van der Waals surface area (Å²) in [5, 5.41) is 11.7. The summed E-state index contributed by atoms with van der Waals surface area (Å²) in [5.74, 6) is 0. The van der Waals surface area contributed by atoms with Crippen molar-refractivity contribution in [3.05, 3.63) is 41.1 Å². The Hall–Kier alpha value is -1.31. The van der Waals surface area contributed by atoms with Crippen molar-refractivity contribution in [3.8, 4) is 0 Å². The first-order valence-corrected chi connectivity index (χ1v) is 4.95. The van der Waals surface area contributed by atoms with E-state index in [2.05, 4.69) is 13.8 Å². The lowest BCUT2D eigenvalue weighted by Gasteiger charge is -2.13. The predicted octanol–water partition coefficient (Wildman–Crippen LogP) is 2.74. The van der Waals surface area contributed by atoms with Crippen molar-refractivity contribution in [1.29, 1.82) is 0 Å². The molecule has 0 aromatic heterocycles. The van der Waals surface area contributed by atoms with Crippen molar-refractivity contribution in [1.82, 2.24) is 0 Å². The lowest BCUT2D eigenvalue weighted by atomic mass is 9.88. The third-order valence-electron chi connectivity index (χ3n) is 2.69. The molecule has 0 N–H and O–H groups in total.